The fraction of sp³-hybridized carbons (Fsp3) is 0.172. The van der Waals surface area contributed by atoms with Crippen LogP contribution in [0.5, 0.6) is 17.2 Å². The highest BCUT2D eigenvalue weighted by molar-refractivity contribution is 6.31. The quantitative estimate of drug-likeness (QED) is 0.253. The minimum Gasteiger partial charge on any atom is -0.508 e. The van der Waals surface area contributed by atoms with Gasteiger partial charge < -0.3 is 24.1 Å². The largest absolute Gasteiger partial charge is 0.508 e. The molecule has 1 unspecified atom stereocenters. The molecule has 1 aliphatic rings. The Labute approximate surface area is 223 Å². The van der Waals surface area contributed by atoms with E-state index in [0.29, 0.717) is 52.0 Å². The summed E-state index contributed by atoms with van der Waals surface area (Å²) in [6, 6.07) is 16.5. The Kier molecular flexibility index (Phi) is 6.73. The second kappa shape index (κ2) is 10.1. The molecule has 0 radical (unpaired) electrons. The van der Waals surface area contributed by atoms with Gasteiger partial charge in [0.25, 0.3) is 5.91 Å². The predicted octanol–water partition coefficient (Wildman–Crippen LogP) is 6.37. The predicted molar refractivity (Wildman–Crippen MR) is 142 cm³/mol. The first-order chi connectivity index (χ1) is 18.3. The molecule has 8 nitrogen and oxygen atoms in total. The fourth-order valence-corrected chi connectivity index (χ4v) is 4.70. The van der Waals surface area contributed by atoms with Gasteiger partial charge in [-0.2, -0.15) is 0 Å². The van der Waals surface area contributed by atoms with Crippen molar-refractivity contribution in [3.63, 3.8) is 0 Å². The first kappa shape index (κ1) is 25.2. The SMILES string of the molecule is CCOc1ccc(N2C(=O)C(O)=C(C(=O)c3cc4cc(Cl)ccc4o3)C2c2ccc(O)cc2)cc1OCC. The zero-order chi connectivity index (χ0) is 27.0. The lowest BCUT2D eigenvalue weighted by Gasteiger charge is -2.27. The number of nitrogens with zero attached hydrogens (tertiary/aromatic N) is 1. The third kappa shape index (κ3) is 4.43. The van der Waals surface area contributed by atoms with Crippen LogP contribution < -0.4 is 14.4 Å². The maximum absolute atomic E-state index is 13.8. The highest BCUT2D eigenvalue weighted by Gasteiger charge is 2.45. The van der Waals surface area contributed by atoms with Crippen LogP contribution in [0.25, 0.3) is 11.0 Å². The van der Waals surface area contributed by atoms with Gasteiger partial charge in [0.1, 0.15) is 11.3 Å². The molecule has 0 saturated heterocycles. The van der Waals surface area contributed by atoms with E-state index in [9.17, 15) is 19.8 Å². The summed E-state index contributed by atoms with van der Waals surface area (Å²) in [5, 5.41) is 22.0. The number of phenols is 1. The standard InChI is InChI=1S/C29H24ClNO7/c1-3-36-22-12-8-19(15-23(22)37-4-2)31-26(16-5-9-20(32)10-6-16)25(28(34)29(31)35)27(33)24-14-17-13-18(30)7-11-21(17)38-24/h5-15,26,32,34H,3-4H2,1-2H3. The number of benzene rings is 3. The summed E-state index contributed by atoms with van der Waals surface area (Å²) >= 11 is 6.08. The van der Waals surface area contributed by atoms with E-state index in [0.717, 1.165) is 0 Å². The molecule has 4 aromatic rings. The molecular weight excluding hydrogens is 510 g/mol. The number of halogens is 1. The van der Waals surface area contributed by atoms with E-state index < -0.39 is 23.5 Å². The molecule has 0 fully saturated rings. The number of anilines is 1. The second-order valence-corrected chi connectivity index (χ2v) is 8.99. The lowest BCUT2D eigenvalue weighted by molar-refractivity contribution is -0.117. The van der Waals surface area contributed by atoms with Gasteiger partial charge in [-0.25, -0.2) is 0 Å². The number of hydrogen-bond acceptors (Lipinski definition) is 7. The first-order valence-electron chi connectivity index (χ1n) is 12.0. The van der Waals surface area contributed by atoms with Crippen LogP contribution in [0.4, 0.5) is 5.69 Å². The van der Waals surface area contributed by atoms with Gasteiger partial charge in [-0.05, 0) is 67.9 Å². The molecule has 1 aliphatic heterocycles. The molecule has 38 heavy (non-hydrogen) atoms. The van der Waals surface area contributed by atoms with E-state index in [1.54, 1.807) is 48.5 Å². The van der Waals surface area contributed by atoms with E-state index >= 15 is 0 Å². The van der Waals surface area contributed by atoms with Crippen LogP contribution in [0, 0.1) is 0 Å². The number of aliphatic hydroxyl groups excluding tert-OH is 1. The second-order valence-electron chi connectivity index (χ2n) is 8.55. The van der Waals surface area contributed by atoms with Gasteiger partial charge in [0.05, 0.1) is 24.8 Å². The summed E-state index contributed by atoms with van der Waals surface area (Å²) in [5.74, 6) is -1.24. The van der Waals surface area contributed by atoms with Gasteiger partial charge in [-0.1, -0.05) is 23.7 Å². The maximum Gasteiger partial charge on any atom is 0.294 e. The van der Waals surface area contributed by atoms with Gasteiger partial charge in [0.15, 0.2) is 23.0 Å². The number of phenolic OH excluding ortho intramolecular Hbond substituents is 1. The molecule has 2 heterocycles. The molecule has 194 valence electrons. The van der Waals surface area contributed by atoms with Crippen molar-refractivity contribution in [3.8, 4) is 17.2 Å². The summed E-state index contributed by atoms with van der Waals surface area (Å²) in [7, 11) is 0. The van der Waals surface area contributed by atoms with Crippen molar-refractivity contribution in [2.75, 3.05) is 18.1 Å². The molecule has 0 spiro atoms. The van der Waals surface area contributed by atoms with Crippen molar-refractivity contribution in [2.45, 2.75) is 19.9 Å². The summed E-state index contributed by atoms with van der Waals surface area (Å²) in [5.41, 5.74) is 1.16. The lowest BCUT2D eigenvalue weighted by Crippen LogP contribution is -2.31. The number of fused-ring (bicyclic) bond motifs is 1. The van der Waals surface area contributed by atoms with Gasteiger partial charge >= 0.3 is 0 Å². The maximum atomic E-state index is 13.8. The van der Waals surface area contributed by atoms with Gasteiger partial charge in [0, 0.05) is 22.2 Å². The van der Waals surface area contributed by atoms with Crippen molar-refractivity contribution >= 4 is 39.9 Å². The van der Waals surface area contributed by atoms with Gasteiger partial charge in [-0.3, -0.25) is 14.5 Å². The topological polar surface area (TPSA) is 109 Å². The van der Waals surface area contributed by atoms with Crippen molar-refractivity contribution in [1.82, 2.24) is 0 Å². The van der Waals surface area contributed by atoms with Crippen LogP contribution in [0.2, 0.25) is 5.02 Å². The molecule has 3 aromatic carbocycles. The van der Waals surface area contributed by atoms with Crippen LogP contribution >= 0.6 is 11.6 Å². The molecule has 0 bridgehead atoms. The van der Waals surface area contributed by atoms with E-state index in [2.05, 4.69) is 0 Å². The molecular formula is C29H24ClNO7. The molecule has 2 N–H and O–H groups in total. The summed E-state index contributed by atoms with van der Waals surface area (Å²) in [6.07, 6.45) is 0. The van der Waals surface area contributed by atoms with Crippen LogP contribution in [0.3, 0.4) is 0 Å². The smallest absolute Gasteiger partial charge is 0.294 e. The van der Waals surface area contributed by atoms with Crippen molar-refractivity contribution < 1.29 is 33.7 Å². The number of carbonyl (C=O) groups is 2. The van der Waals surface area contributed by atoms with E-state index in [-0.39, 0.29) is 17.1 Å². The van der Waals surface area contributed by atoms with Crippen molar-refractivity contribution in [2.24, 2.45) is 0 Å². The van der Waals surface area contributed by atoms with Gasteiger partial charge in [-0.15, -0.1) is 0 Å². The Morgan fingerprint density at radius 3 is 2.37 bits per heavy atom. The number of Topliss-reactive ketones (excluding diaryl/α,β-unsaturated/α-hetero) is 1. The number of furan rings is 1. The number of rotatable bonds is 8. The zero-order valence-corrected chi connectivity index (χ0v) is 21.4. The average molecular weight is 534 g/mol. The molecule has 9 heteroatoms. The molecule has 0 saturated carbocycles. The van der Waals surface area contributed by atoms with Crippen molar-refractivity contribution in [3.05, 3.63) is 94.4 Å². The minimum absolute atomic E-state index is 0.0135. The molecule has 1 aromatic heterocycles. The first-order valence-corrected chi connectivity index (χ1v) is 12.4. The summed E-state index contributed by atoms with van der Waals surface area (Å²) in [4.78, 5) is 28.6. The van der Waals surface area contributed by atoms with E-state index in [4.69, 9.17) is 25.5 Å². The van der Waals surface area contributed by atoms with Crippen LogP contribution in [0.15, 0.2) is 82.5 Å². The highest BCUT2D eigenvalue weighted by atomic mass is 35.5. The molecule has 0 aliphatic carbocycles. The number of hydrogen-bond donors (Lipinski definition) is 2. The third-order valence-electron chi connectivity index (χ3n) is 6.17. The lowest BCUT2D eigenvalue weighted by atomic mass is 9.94. The number of ketones is 1. The Morgan fingerprint density at radius 2 is 1.66 bits per heavy atom. The monoisotopic (exact) mass is 533 g/mol. The normalized spacial score (nSPS) is 15.4. The van der Waals surface area contributed by atoms with Crippen molar-refractivity contribution in [1.29, 1.82) is 0 Å². The minimum atomic E-state index is -1.01. The van der Waals surface area contributed by atoms with Crippen LogP contribution in [0.1, 0.15) is 36.0 Å². The molecule has 5 rings (SSSR count). The Bertz CT molecular complexity index is 1570. The van der Waals surface area contributed by atoms with Gasteiger partial charge in [0.2, 0.25) is 5.78 Å². The Hall–Kier alpha value is -4.43. The van der Waals surface area contributed by atoms with E-state index in [1.165, 1.54) is 23.1 Å². The average Bonchev–Trinajstić information content (AvgIpc) is 3.44. The number of ether oxygens (including phenoxy) is 2. The van der Waals surface area contributed by atoms with Crippen LogP contribution in [-0.4, -0.2) is 35.1 Å². The molecule has 1 amide bonds. The third-order valence-corrected chi connectivity index (χ3v) is 6.40. The number of aliphatic hydroxyl groups is 1. The zero-order valence-electron chi connectivity index (χ0n) is 20.6. The summed E-state index contributed by atoms with van der Waals surface area (Å²) < 4.78 is 17.1. The Balaban J connectivity index is 1.64. The van der Waals surface area contributed by atoms with E-state index in [1.807, 2.05) is 13.8 Å². The summed E-state index contributed by atoms with van der Waals surface area (Å²) in [6.45, 7) is 4.46. The number of aromatic hydroxyl groups is 1. The molecule has 1 atom stereocenters. The number of amides is 1. The fourth-order valence-electron chi connectivity index (χ4n) is 4.52. The Morgan fingerprint density at radius 1 is 0.947 bits per heavy atom. The number of carbonyl (C=O) groups excluding carboxylic acids is 2. The van der Waals surface area contributed by atoms with Crippen LogP contribution in [-0.2, 0) is 4.79 Å². The highest BCUT2D eigenvalue weighted by Crippen LogP contribution is 2.44.